The van der Waals surface area contributed by atoms with E-state index >= 15 is 0 Å². The Balaban J connectivity index is 1.81. The van der Waals surface area contributed by atoms with Gasteiger partial charge in [-0.3, -0.25) is 0 Å². The molecule has 2 nitrogen and oxygen atoms in total. The Hall–Kier alpha value is -1.70. The fourth-order valence-corrected chi connectivity index (χ4v) is 3.57. The third-order valence-electron chi connectivity index (χ3n) is 4.44. The lowest BCUT2D eigenvalue weighted by Gasteiger charge is -2.30. The van der Waals surface area contributed by atoms with Gasteiger partial charge in [-0.2, -0.15) is 0 Å². The van der Waals surface area contributed by atoms with Gasteiger partial charge >= 0.3 is 0 Å². The molecule has 0 aromatic heterocycles. The predicted molar refractivity (Wildman–Crippen MR) is 85.5 cm³/mol. The topological polar surface area (TPSA) is 6.48 Å². The molecule has 1 aliphatic heterocycles. The van der Waals surface area contributed by atoms with Gasteiger partial charge in [0.05, 0.1) is 5.69 Å². The second kappa shape index (κ2) is 5.35. The molecule has 0 radical (unpaired) electrons. The molecule has 106 valence electrons. The smallest absolute Gasteiger partial charge is 0.0509 e. The van der Waals surface area contributed by atoms with Crippen LogP contribution in [0.25, 0.3) is 0 Å². The van der Waals surface area contributed by atoms with Crippen LogP contribution in [-0.4, -0.2) is 10.9 Å². The van der Waals surface area contributed by atoms with E-state index in [1.165, 1.54) is 48.1 Å². The second-order valence-corrected chi connectivity index (χ2v) is 6.14. The molecule has 0 atom stereocenters. The van der Waals surface area contributed by atoms with Gasteiger partial charge in [0.15, 0.2) is 0 Å². The number of hydrogen-bond acceptors (Lipinski definition) is 2. The summed E-state index contributed by atoms with van der Waals surface area (Å²) in [6.07, 6.45) is 14.3. The van der Waals surface area contributed by atoms with Crippen LogP contribution < -0.4 is 4.90 Å². The van der Waals surface area contributed by atoms with Gasteiger partial charge in [0.25, 0.3) is 0 Å². The summed E-state index contributed by atoms with van der Waals surface area (Å²) in [6, 6.07) is 5.23. The molecular weight excluding hydrogens is 244 g/mol. The molecule has 1 saturated carbocycles. The lowest BCUT2D eigenvalue weighted by Crippen LogP contribution is -2.27. The Morgan fingerprint density at radius 1 is 0.850 bits per heavy atom. The van der Waals surface area contributed by atoms with E-state index in [0.717, 1.165) is 0 Å². The summed E-state index contributed by atoms with van der Waals surface area (Å²) < 4.78 is 0. The van der Waals surface area contributed by atoms with Gasteiger partial charge in [0.2, 0.25) is 0 Å². The van der Waals surface area contributed by atoms with E-state index in [0.29, 0.717) is 6.04 Å². The monoisotopic (exact) mass is 268 g/mol. The van der Waals surface area contributed by atoms with Crippen LogP contribution in [0.4, 0.5) is 5.69 Å². The van der Waals surface area contributed by atoms with Crippen molar-refractivity contribution in [2.45, 2.75) is 52.5 Å². The Labute approximate surface area is 122 Å². The van der Waals surface area contributed by atoms with Gasteiger partial charge in [0.1, 0.15) is 0 Å². The van der Waals surface area contributed by atoms with E-state index in [2.05, 4.69) is 67.5 Å². The molecule has 0 amide bonds. The Kier molecular flexibility index (Phi) is 3.56. The highest BCUT2D eigenvalue weighted by Crippen LogP contribution is 2.30. The molecule has 20 heavy (non-hydrogen) atoms. The summed E-state index contributed by atoms with van der Waals surface area (Å²) in [4.78, 5) is 4.62. The van der Waals surface area contributed by atoms with Crippen molar-refractivity contribution < 1.29 is 0 Å². The van der Waals surface area contributed by atoms with Crippen molar-refractivity contribution in [3.63, 3.8) is 0 Å². The summed E-state index contributed by atoms with van der Waals surface area (Å²) in [5.41, 5.74) is 5.33. The highest BCUT2D eigenvalue weighted by atomic mass is 15.2. The minimum Gasteiger partial charge on any atom is -0.348 e. The SMILES string of the molecule is Cc1cc(C)c(N2C=CN(C3CCCC3)C=C2)c(C)c1. The largest absolute Gasteiger partial charge is 0.348 e. The van der Waals surface area contributed by atoms with Crippen molar-refractivity contribution in [1.82, 2.24) is 4.90 Å². The molecule has 1 aromatic rings. The lowest BCUT2D eigenvalue weighted by molar-refractivity contribution is 0.366. The van der Waals surface area contributed by atoms with Crippen LogP contribution in [0, 0.1) is 20.8 Å². The zero-order chi connectivity index (χ0) is 14.1. The molecule has 1 aromatic carbocycles. The van der Waals surface area contributed by atoms with Crippen molar-refractivity contribution in [3.05, 3.63) is 53.6 Å². The Bertz CT molecular complexity index is 514. The first kappa shape index (κ1) is 13.3. The average Bonchev–Trinajstić information content (AvgIpc) is 2.92. The minimum absolute atomic E-state index is 0.713. The molecule has 1 fully saturated rings. The quantitative estimate of drug-likeness (QED) is 0.772. The first-order chi connectivity index (χ1) is 9.65. The van der Waals surface area contributed by atoms with Crippen molar-refractivity contribution in [2.75, 3.05) is 4.90 Å². The summed E-state index contributed by atoms with van der Waals surface area (Å²) in [7, 11) is 0. The van der Waals surface area contributed by atoms with E-state index in [4.69, 9.17) is 0 Å². The van der Waals surface area contributed by atoms with Crippen molar-refractivity contribution in [1.29, 1.82) is 0 Å². The number of nitrogens with zero attached hydrogens (tertiary/aromatic N) is 2. The van der Waals surface area contributed by atoms with Gasteiger partial charge < -0.3 is 9.80 Å². The van der Waals surface area contributed by atoms with Gasteiger partial charge in [0, 0.05) is 30.8 Å². The van der Waals surface area contributed by atoms with E-state index < -0.39 is 0 Å². The molecule has 0 saturated heterocycles. The van der Waals surface area contributed by atoms with Gasteiger partial charge in [-0.15, -0.1) is 0 Å². The predicted octanol–water partition coefficient (Wildman–Crippen LogP) is 4.62. The molecule has 2 aliphatic rings. The van der Waals surface area contributed by atoms with E-state index in [1.807, 2.05) is 0 Å². The van der Waals surface area contributed by atoms with Crippen molar-refractivity contribution >= 4 is 5.69 Å². The maximum atomic E-state index is 2.38. The van der Waals surface area contributed by atoms with E-state index in [9.17, 15) is 0 Å². The first-order valence-electron chi connectivity index (χ1n) is 7.65. The average molecular weight is 268 g/mol. The molecule has 1 aliphatic carbocycles. The van der Waals surface area contributed by atoms with E-state index in [1.54, 1.807) is 0 Å². The fraction of sp³-hybridized carbons (Fsp3) is 0.444. The highest BCUT2D eigenvalue weighted by molar-refractivity contribution is 5.64. The summed E-state index contributed by atoms with van der Waals surface area (Å²) >= 11 is 0. The number of benzene rings is 1. The first-order valence-corrected chi connectivity index (χ1v) is 7.65. The normalized spacial score (nSPS) is 19.1. The molecular formula is C18H24N2. The van der Waals surface area contributed by atoms with Crippen LogP contribution in [0.3, 0.4) is 0 Å². The Morgan fingerprint density at radius 3 is 1.95 bits per heavy atom. The van der Waals surface area contributed by atoms with Gasteiger partial charge in [-0.25, -0.2) is 0 Å². The summed E-state index contributed by atoms with van der Waals surface area (Å²) in [5.74, 6) is 0. The standard InChI is InChI=1S/C18H24N2/c1-14-12-15(2)18(16(3)13-14)20-10-8-19(9-11-20)17-6-4-5-7-17/h8-13,17H,4-7H2,1-3H3. The second-order valence-electron chi connectivity index (χ2n) is 6.14. The third-order valence-corrected chi connectivity index (χ3v) is 4.44. The molecule has 0 unspecified atom stereocenters. The van der Waals surface area contributed by atoms with Crippen LogP contribution >= 0.6 is 0 Å². The van der Waals surface area contributed by atoms with Crippen LogP contribution in [0.15, 0.2) is 36.9 Å². The lowest BCUT2D eigenvalue weighted by atomic mass is 10.0. The van der Waals surface area contributed by atoms with Gasteiger partial charge in [-0.1, -0.05) is 30.5 Å². The number of anilines is 1. The van der Waals surface area contributed by atoms with Crippen molar-refractivity contribution in [3.8, 4) is 0 Å². The maximum absolute atomic E-state index is 2.38. The molecule has 0 bridgehead atoms. The fourth-order valence-electron chi connectivity index (χ4n) is 3.57. The summed E-state index contributed by atoms with van der Waals surface area (Å²) in [5, 5.41) is 0. The van der Waals surface area contributed by atoms with Crippen molar-refractivity contribution in [2.24, 2.45) is 0 Å². The zero-order valence-corrected chi connectivity index (χ0v) is 12.8. The number of hydrogen-bond donors (Lipinski definition) is 0. The molecule has 1 heterocycles. The summed E-state index contributed by atoms with van der Waals surface area (Å²) in [6.45, 7) is 6.55. The zero-order valence-electron chi connectivity index (χ0n) is 12.8. The van der Waals surface area contributed by atoms with Crippen LogP contribution in [0.1, 0.15) is 42.4 Å². The number of rotatable bonds is 2. The maximum Gasteiger partial charge on any atom is 0.0509 e. The molecule has 0 N–H and O–H groups in total. The van der Waals surface area contributed by atoms with Crippen LogP contribution in [-0.2, 0) is 0 Å². The molecule has 3 rings (SSSR count). The molecule has 2 heteroatoms. The van der Waals surface area contributed by atoms with Crippen LogP contribution in [0.5, 0.6) is 0 Å². The van der Waals surface area contributed by atoms with E-state index in [-0.39, 0.29) is 0 Å². The van der Waals surface area contributed by atoms with Gasteiger partial charge in [-0.05, 0) is 44.7 Å². The molecule has 0 spiro atoms. The Morgan fingerprint density at radius 2 is 1.40 bits per heavy atom. The van der Waals surface area contributed by atoms with Crippen LogP contribution in [0.2, 0.25) is 0 Å². The highest BCUT2D eigenvalue weighted by Gasteiger charge is 2.20. The number of aryl methyl sites for hydroxylation is 3. The third kappa shape index (κ3) is 2.47. The minimum atomic E-state index is 0.713.